The van der Waals surface area contributed by atoms with E-state index in [-0.39, 0.29) is 5.92 Å². The van der Waals surface area contributed by atoms with Crippen LogP contribution >= 0.6 is 0 Å². The molecule has 0 amide bonds. The van der Waals surface area contributed by atoms with Gasteiger partial charge in [-0.3, -0.25) is 4.90 Å². The van der Waals surface area contributed by atoms with E-state index in [0.717, 1.165) is 44.5 Å². The Kier molecular flexibility index (Phi) is 5.14. The molecule has 112 valence electrons. The molecule has 0 radical (unpaired) electrons. The predicted octanol–water partition coefficient (Wildman–Crippen LogP) is 1.31. The maximum Gasteiger partial charge on any atom is 0.135 e. The van der Waals surface area contributed by atoms with E-state index in [9.17, 15) is 0 Å². The van der Waals surface area contributed by atoms with Gasteiger partial charge < -0.3 is 15.8 Å². The first kappa shape index (κ1) is 15.0. The molecule has 1 unspecified atom stereocenters. The quantitative estimate of drug-likeness (QED) is 0.846. The maximum absolute atomic E-state index is 5.84. The number of rotatable bonds is 5. The lowest BCUT2D eigenvalue weighted by molar-refractivity contribution is 0.0368. The largest absolute Gasteiger partial charge is 0.384 e. The van der Waals surface area contributed by atoms with Gasteiger partial charge in [0.1, 0.15) is 17.5 Å². The first-order valence-electron chi connectivity index (χ1n) is 7.25. The molecule has 1 fully saturated rings. The number of ether oxygens (including phenoxy) is 1. The number of anilines is 2. The van der Waals surface area contributed by atoms with Crippen LogP contribution in [-0.4, -0.2) is 53.8 Å². The summed E-state index contributed by atoms with van der Waals surface area (Å²) in [5.41, 5.74) is 5.84. The van der Waals surface area contributed by atoms with Gasteiger partial charge in [-0.1, -0.05) is 13.8 Å². The van der Waals surface area contributed by atoms with Crippen molar-refractivity contribution in [3.05, 3.63) is 11.9 Å². The van der Waals surface area contributed by atoms with Gasteiger partial charge in [0.25, 0.3) is 0 Å². The molecule has 0 saturated carbocycles. The van der Waals surface area contributed by atoms with Crippen molar-refractivity contribution in [2.75, 3.05) is 43.9 Å². The van der Waals surface area contributed by atoms with Crippen molar-refractivity contribution < 1.29 is 4.74 Å². The molecule has 1 aliphatic rings. The summed E-state index contributed by atoms with van der Waals surface area (Å²) < 4.78 is 5.36. The van der Waals surface area contributed by atoms with E-state index in [2.05, 4.69) is 41.0 Å². The molecule has 0 spiro atoms. The third kappa shape index (κ3) is 4.31. The van der Waals surface area contributed by atoms with Crippen molar-refractivity contribution in [3.8, 4) is 0 Å². The number of nitrogens with two attached hydrogens (primary N) is 1. The van der Waals surface area contributed by atoms with E-state index < -0.39 is 0 Å². The third-order valence-electron chi connectivity index (χ3n) is 3.31. The average molecular weight is 279 g/mol. The third-order valence-corrected chi connectivity index (χ3v) is 3.31. The second kappa shape index (κ2) is 6.85. The number of hydrogen-bond donors (Lipinski definition) is 2. The maximum atomic E-state index is 5.84. The number of nitrogen functional groups attached to an aromatic ring is 1. The van der Waals surface area contributed by atoms with E-state index in [1.165, 1.54) is 0 Å². The van der Waals surface area contributed by atoms with Gasteiger partial charge in [0.15, 0.2) is 0 Å². The second-order valence-electron chi connectivity index (χ2n) is 5.65. The molecule has 0 bridgehead atoms. The monoisotopic (exact) mass is 279 g/mol. The molecular weight excluding hydrogens is 254 g/mol. The summed E-state index contributed by atoms with van der Waals surface area (Å²) in [4.78, 5) is 11.2. The Hall–Kier alpha value is -1.40. The topological polar surface area (TPSA) is 76.3 Å². The van der Waals surface area contributed by atoms with Crippen LogP contribution in [0, 0.1) is 0 Å². The summed E-state index contributed by atoms with van der Waals surface area (Å²) in [6.45, 7) is 10.9. The van der Waals surface area contributed by atoms with Gasteiger partial charge >= 0.3 is 0 Å². The van der Waals surface area contributed by atoms with Gasteiger partial charge in [0.05, 0.1) is 13.2 Å². The van der Waals surface area contributed by atoms with Gasteiger partial charge in [-0.05, 0) is 6.92 Å². The molecule has 6 nitrogen and oxygen atoms in total. The van der Waals surface area contributed by atoms with E-state index >= 15 is 0 Å². The first-order chi connectivity index (χ1) is 9.54. The lowest BCUT2D eigenvalue weighted by Crippen LogP contribution is -2.42. The highest BCUT2D eigenvalue weighted by molar-refractivity contribution is 5.45. The summed E-state index contributed by atoms with van der Waals surface area (Å²) >= 11 is 0. The van der Waals surface area contributed by atoms with Crippen LogP contribution in [0.3, 0.4) is 0 Å². The number of aromatic nitrogens is 2. The van der Waals surface area contributed by atoms with Crippen LogP contribution in [0.2, 0.25) is 0 Å². The number of nitrogens with zero attached hydrogens (tertiary/aromatic N) is 3. The molecule has 1 aromatic rings. The number of morpholine rings is 1. The van der Waals surface area contributed by atoms with Gasteiger partial charge in [0.2, 0.25) is 0 Å². The molecule has 2 rings (SSSR count). The molecule has 20 heavy (non-hydrogen) atoms. The molecule has 1 aliphatic heterocycles. The summed E-state index contributed by atoms with van der Waals surface area (Å²) in [7, 11) is 0. The van der Waals surface area contributed by atoms with Crippen molar-refractivity contribution in [3.63, 3.8) is 0 Å². The van der Waals surface area contributed by atoms with Gasteiger partial charge in [-0.2, -0.15) is 0 Å². The lowest BCUT2D eigenvalue weighted by Gasteiger charge is -2.29. The molecule has 6 heteroatoms. The van der Waals surface area contributed by atoms with Crippen LogP contribution in [0.5, 0.6) is 0 Å². The molecule has 3 N–H and O–H groups in total. The fourth-order valence-corrected chi connectivity index (χ4v) is 2.29. The minimum absolute atomic E-state index is 0.272. The summed E-state index contributed by atoms with van der Waals surface area (Å²) in [5.74, 6) is 2.38. The first-order valence-corrected chi connectivity index (χ1v) is 7.25. The van der Waals surface area contributed by atoms with Gasteiger partial charge in [0, 0.05) is 37.7 Å². The molecule has 1 atom stereocenters. The second-order valence-corrected chi connectivity index (χ2v) is 5.65. The van der Waals surface area contributed by atoms with Gasteiger partial charge in [-0.15, -0.1) is 0 Å². The Morgan fingerprint density at radius 1 is 1.30 bits per heavy atom. The number of nitrogens with one attached hydrogen (secondary N) is 1. The zero-order valence-electron chi connectivity index (χ0n) is 12.6. The van der Waals surface area contributed by atoms with Crippen LogP contribution in [0.1, 0.15) is 32.5 Å². The van der Waals surface area contributed by atoms with Crippen molar-refractivity contribution in [2.45, 2.75) is 32.7 Å². The van der Waals surface area contributed by atoms with Crippen LogP contribution in [0.4, 0.5) is 11.6 Å². The van der Waals surface area contributed by atoms with Crippen molar-refractivity contribution in [2.24, 2.45) is 0 Å². The van der Waals surface area contributed by atoms with E-state index in [1.807, 2.05) is 0 Å². The molecule has 0 aliphatic carbocycles. The standard InChI is InChI=1S/C14H25N5O/c1-10(2)14-17-12(15)8-13(18-14)16-11(3)9-19-4-6-20-7-5-19/h8,10-11H,4-7,9H2,1-3H3,(H3,15,16,17,18). The van der Waals surface area contributed by atoms with Crippen molar-refractivity contribution in [1.82, 2.24) is 14.9 Å². The zero-order valence-corrected chi connectivity index (χ0v) is 12.6. The SMILES string of the molecule is CC(CN1CCOCC1)Nc1cc(N)nc(C(C)C)n1. The number of hydrogen-bond acceptors (Lipinski definition) is 6. The Labute approximate surface area is 120 Å². The van der Waals surface area contributed by atoms with Crippen molar-refractivity contribution in [1.29, 1.82) is 0 Å². The Balaban J connectivity index is 1.94. The molecular formula is C14H25N5O. The van der Waals surface area contributed by atoms with Crippen molar-refractivity contribution >= 4 is 11.6 Å². The molecule has 1 saturated heterocycles. The fourth-order valence-electron chi connectivity index (χ4n) is 2.29. The minimum Gasteiger partial charge on any atom is -0.384 e. The zero-order chi connectivity index (χ0) is 14.5. The highest BCUT2D eigenvalue weighted by atomic mass is 16.5. The predicted molar refractivity (Wildman–Crippen MR) is 80.9 cm³/mol. The van der Waals surface area contributed by atoms with Crippen LogP contribution in [0.25, 0.3) is 0 Å². The van der Waals surface area contributed by atoms with Crippen LogP contribution in [-0.2, 0) is 4.74 Å². The molecule has 2 heterocycles. The molecule has 0 aromatic carbocycles. The lowest BCUT2D eigenvalue weighted by atomic mass is 10.2. The minimum atomic E-state index is 0.272. The highest BCUT2D eigenvalue weighted by Crippen LogP contribution is 2.16. The highest BCUT2D eigenvalue weighted by Gasteiger charge is 2.14. The van der Waals surface area contributed by atoms with E-state index in [1.54, 1.807) is 6.07 Å². The summed E-state index contributed by atoms with van der Waals surface area (Å²) in [6.07, 6.45) is 0. The Bertz CT molecular complexity index is 432. The summed E-state index contributed by atoms with van der Waals surface area (Å²) in [5, 5.41) is 3.41. The van der Waals surface area contributed by atoms with Crippen LogP contribution in [0.15, 0.2) is 6.07 Å². The Morgan fingerprint density at radius 3 is 2.65 bits per heavy atom. The smallest absolute Gasteiger partial charge is 0.135 e. The normalized spacial score (nSPS) is 18.2. The average Bonchev–Trinajstić information content (AvgIpc) is 2.38. The van der Waals surface area contributed by atoms with Crippen LogP contribution < -0.4 is 11.1 Å². The summed E-state index contributed by atoms with van der Waals surface area (Å²) in [6, 6.07) is 2.10. The van der Waals surface area contributed by atoms with E-state index in [0.29, 0.717) is 11.9 Å². The van der Waals surface area contributed by atoms with Gasteiger partial charge in [-0.25, -0.2) is 9.97 Å². The Morgan fingerprint density at radius 2 is 2.00 bits per heavy atom. The molecule has 1 aromatic heterocycles. The fraction of sp³-hybridized carbons (Fsp3) is 0.714. The van der Waals surface area contributed by atoms with E-state index in [4.69, 9.17) is 10.5 Å².